The lowest BCUT2D eigenvalue weighted by Crippen LogP contribution is -2.35. The fourth-order valence-electron chi connectivity index (χ4n) is 2.48. The summed E-state index contributed by atoms with van der Waals surface area (Å²) in [6.45, 7) is 6.34. The Morgan fingerprint density at radius 2 is 1.70 bits per heavy atom. The Labute approximate surface area is 138 Å². The van der Waals surface area contributed by atoms with Gasteiger partial charge in [0, 0.05) is 0 Å². The molecule has 0 saturated heterocycles. The van der Waals surface area contributed by atoms with E-state index in [1.807, 2.05) is 54.6 Å². The van der Waals surface area contributed by atoms with Crippen molar-refractivity contribution < 1.29 is 9.53 Å². The summed E-state index contributed by atoms with van der Waals surface area (Å²) in [5, 5.41) is 3.06. The molecule has 122 valence electrons. The van der Waals surface area contributed by atoms with E-state index in [9.17, 15) is 4.79 Å². The average molecular weight is 311 g/mol. The van der Waals surface area contributed by atoms with Crippen LogP contribution in [0.4, 0.5) is 0 Å². The van der Waals surface area contributed by atoms with Gasteiger partial charge in [0.25, 0.3) is 5.91 Å². The summed E-state index contributed by atoms with van der Waals surface area (Å²) in [5.41, 5.74) is 2.37. The van der Waals surface area contributed by atoms with Crippen LogP contribution in [0.25, 0.3) is 0 Å². The van der Waals surface area contributed by atoms with Crippen LogP contribution in [0.15, 0.2) is 54.6 Å². The second-order valence-electron chi connectivity index (χ2n) is 5.99. The molecule has 2 aromatic rings. The number of benzene rings is 2. The maximum atomic E-state index is 12.2. The van der Waals surface area contributed by atoms with Crippen LogP contribution in [-0.2, 0) is 11.2 Å². The highest BCUT2D eigenvalue weighted by molar-refractivity contribution is 5.78. The highest BCUT2D eigenvalue weighted by Crippen LogP contribution is 2.21. The van der Waals surface area contributed by atoms with Crippen molar-refractivity contribution in [1.82, 2.24) is 5.32 Å². The van der Waals surface area contributed by atoms with Crippen LogP contribution < -0.4 is 10.1 Å². The van der Waals surface area contributed by atoms with Gasteiger partial charge in [-0.2, -0.15) is 0 Å². The molecule has 1 amide bonds. The quantitative estimate of drug-likeness (QED) is 0.834. The van der Waals surface area contributed by atoms with Gasteiger partial charge < -0.3 is 10.1 Å². The number of hydrogen-bond donors (Lipinski definition) is 1. The van der Waals surface area contributed by atoms with Gasteiger partial charge in [-0.3, -0.25) is 4.79 Å². The van der Waals surface area contributed by atoms with Crippen LogP contribution in [-0.4, -0.2) is 12.5 Å². The Morgan fingerprint density at radius 3 is 2.26 bits per heavy atom. The smallest absolute Gasteiger partial charge is 0.258 e. The Morgan fingerprint density at radius 1 is 1.04 bits per heavy atom. The lowest BCUT2D eigenvalue weighted by molar-refractivity contribution is -0.124. The van der Waals surface area contributed by atoms with Crippen molar-refractivity contribution in [2.45, 2.75) is 33.2 Å². The second kappa shape index (κ2) is 8.37. The van der Waals surface area contributed by atoms with Gasteiger partial charge in [-0.05, 0) is 35.6 Å². The minimum absolute atomic E-state index is 0.00485. The van der Waals surface area contributed by atoms with Crippen molar-refractivity contribution in [2.75, 3.05) is 6.61 Å². The molecule has 0 aliphatic carbocycles. The maximum absolute atomic E-state index is 12.2. The minimum atomic E-state index is -0.105. The Hall–Kier alpha value is -2.29. The molecule has 2 aromatic carbocycles. The van der Waals surface area contributed by atoms with E-state index >= 15 is 0 Å². The molecule has 23 heavy (non-hydrogen) atoms. The van der Waals surface area contributed by atoms with E-state index in [4.69, 9.17) is 4.74 Å². The summed E-state index contributed by atoms with van der Waals surface area (Å²) >= 11 is 0. The molecular formula is C20H25NO2. The average Bonchev–Trinajstić information content (AvgIpc) is 2.58. The van der Waals surface area contributed by atoms with Crippen LogP contribution >= 0.6 is 0 Å². The van der Waals surface area contributed by atoms with Crippen LogP contribution in [0.1, 0.15) is 37.9 Å². The molecule has 0 aliphatic rings. The number of amides is 1. The van der Waals surface area contributed by atoms with Gasteiger partial charge in [0.1, 0.15) is 5.75 Å². The van der Waals surface area contributed by atoms with Crippen LogP contribution in [0.3, 0.4) is 0 Å². The molecule has 0 aromatic heterocycles. The standard InChI is InChI=1S/C20H25NO2/c1-4-16-10-12-18(13-11-16)23-14-19(22)21-20(15(2)3)17-8-6-5-7-9-17/h5-13,15,20H,4,14H2,1-3H3,(H,21,22). The first-order chi connectivity index (χ1) is 11.1. The fraction of sp³-hybridized carbons (Fsp3) is 0.350. The first-order valence-electron chi connectivity index (χ1n) is 8.16. The normalized spacial score (nSPS) is 12.0. The third kappa shape index (κ3) is 5.13. The van der Waals surface area contributed by atoms with Gasteiger partial charge in [-0.25, -0.2) is 0 Å². The summed E-state index contributed by atoms with van der Waals surface area (Å²) in [7, 11) is 0. The zero-order chi connectivity index (χ0) is 16.7. The molecule has 1 unspecified atom stereocenters. The monoisotopic (exact) mass is 311 g/mol. The SMILES string of the molecule is CCc1ccc(OCC(=O)NC(c2ccccc2)C(C)C)cc1. The summed E-state index contributed by atoms with van der Waals surface area (Å²) in [5.74, 6) is 0.926. The van der Waals surface area contributed by atoms with Crippen LogP contribution in [0, 0.1) is 5.92 Å². The van der Waals surface area contributed by atoms with Crippen molar-refractivity contribution in [3.63, 3.8) is 0 Å². The lowest BCUT2D eigenvalue weighted by Gasteiger charge is -2.23. The number of hydrogen-bond acceptors (Lipinski definition) is 2. The zero-order valence-electron chi connectivity index (χ0n) is 14.1. The molecule has 0 bridgehead atoms. The number of aryl methyl sites for hydroxylation is 1. The number of carbonyl (C=O) groups is 1. The van der Waals surface area contributed by atoms with Gasteiger partial charge in [0.05, 0.1) is 6.04 Å². The Balaban J connectivity index is 1.91. The number of rotatable bonds is 7. The number of carbonyl (C=O) groups excluding carboxylic acids is 1. The van der Waals surface area contributed by atoms with Crippen molar-refractivity contribution >= 4 is 5.91 Å². The van der Waals surface area contributed by atoms with E-state index in [0.717, 1.165) is 17.7 Å². The van der Waals surface area contributed by atoms with Gasteiger partial charge in [0.15, 0.2) is 6.61 Å². The molecule has 0 spiro atoms. The maximum Gasteiger partial charge on any atom is 0.258 e. The highest BCUT2D eigenvalue weighted by Gasteiger charge is 2.18. The molecule has 1 atom stereocenters. The van der Waals surface area contributed by atoms with Crippen LogP contribution in [0.5, 0.6) is 5.75 Å². The molecule has 0 aliphatic heterocycles. The van der Waals surface area contributed by atoms with Crippen molar-refractivity contribution in [2.24, 2.45) is 5.92 Å². The van der Waals surface area contributed by atoms with E-state index in [0.29, 0.717) is 5.92 Å². The summed E-state index contributed by atoms with van der Waals surface area (Å²) in [6.07, 6.45) is 0.994. The Bertz CT molecular complexity index is 605. The minimum Gasteiger partial charge on any atom is -0.484 e. The van der Waals surface area contributed by atoms with Gasteiger partial charge in [-0.1, -0.05) is 63.2 Å². The lowest BCUT2D eigenvalue weighted by atomic mass is 9.96. The molecular weight excluding hydrogens is 286 g/mol. The van der Waals surface area contributed by atoms with E-state index in [1.165, 1.54) is 5.56 Å². The predicted molar refractivity (Wildman–Crippen MR) is 93.5 cm³/mol. The first-order valence-corrected chi connectivity index (χ1v) is 8.16. The highest BCUT2D eigenvalue weighted by atomic mass is 16.5. The summed E-state index contributed by atoms with van der Waals surface area (Å²) in [4.78, 5) is 12.2. The first kappa shape index (κ1) is 17.1. The summed E-state index contributed by atoms with van der Waals surface area (Å²) < 4.78 is 5.57. The second-order valence-corrected chi connectivity index (χ2v) is 5.99. The number of ether oxygens (including phenoxy) is 1. The molecule has 0 fully saturated rings. The van der Waals surface area contributed by atoms with Gasteiger partial charge in [-0.15, -0.1) is 0 Å². The molecule has 0 saturated carbocycles. The van der Waals surface area contributed by atoms with Gasteiger partial charge >= 0.3 is 0 Å². The zero-order valence-corrected chi connectivity index (χ0v) is 14.1. The van der Waals surface area contributed by atoms with Crippen molar-refractivity contribution in [3.8, 4) is 5.75 Å². The van der Waals surface area contributed by atoms with E-state index in [2.05, 4.69) is 26.1 Å². The van der Waals surface area contributed by atoms with Gasteiger partial charge in [0.2, 0.25) is 0 Å². The molecule has 3 heteroatoms. The topological polar surface area (TPSA) is 38.3 Å². The summed E-state index contributed by atoms with van der Waals surface area (Å²) in [6, 6.07) is 17.9. The van der Waals surface area contributed by atoms with E-state index in [1.54, 1.807) is 0 Å². The third-order valence-electron chi connectivity index (χ3n) is 3.84. The molecule has 3 nitrogen and oxygen atoms in total. The van der Waals surface area contributed by atoms with E-state index in [-0.39, 0.29) is 18.6 Å². The number of nitrogens with one attached hydrogen (secondary N) is 1. The molecule has 1 N–H and O–H groups in total. The molecule has 2 rings (SSSR count). The largest absolute Gasteiger partial charge is 0.484 e. The third-order valence-corrected chi connectivity index (χ3v) is 3.84. The Kier molecular flexibility index (Phi) is 6.21. The fourth-order valence-corrected chi connectivity index (χ4v) is 2.48. The van der Waals surface area contributed by atoms with Crippen molar-refractivity contribution in [1.29, 1.82) is 0 Å². The molecule has 0 heterocycles. The predicted octanol–water partition coefficient (Wildman–Crippen LogP) is 4.14. The van der Waals surface area contributed by atoms with Crippen LogP contribution in [0.2, 0.25) is 0 Å². The molecule has 0 radical (unpaired) electrons. The van der Waals surface area contributed by atoms with E-state index < -0.39 is 0 Å². The van der Waals surface area contributed by atoms with Crippen molar-refractivity contribution in [3.05, 3.63) is 65.7 Å².